The normalized spacial score (nSPS) is 13.1. The fraction of sp³-hybridized carbons (Fsp3) is 0.375. The number of hydrogen-bond donors (Lipinski definition) is 1. The number of carbonyl (C=O) groups is 1. The van der Waals surface area contributed by atoms with Crippen molar-refractivity contribution < 1.29 is 9.21 Å². The van der Waals surface area contributed by atoms with Crippen molar-refractivity contribution in [1.82, 2.24) is 4.90 Å². The van der Waals surface area contributed by atoms with Crippen LogP contribution in [0.5, 0.6) is 0 Å². The van der Waals surface area contributed by atoms with Gasteiger partial charge in [-0.1, -0.05) is 30.8 Å². The van der Waals surface area contributed by atoms with Crippen LogP contribution in [0.25, 0.3) is 11.0 Å². The van der Waals surface area contributed by atoms with E-state index in [0.717, 1.165) is 35.8 Å². The maximum atomic E-state index is 11.7. The number of rotatable bonds is 0. The van der Waals surface area contributed by atoms with Gasteiger partial charge in [-0.05, 0) is 37.3 Å². The molecule has 0 atom stereocenters. The van der Waals surface area contributed by atoms with Gasteiger partial charge < -0.3 is 9.32 Å². The number of aryl methyl sites for hydroxylation is 1. The summed E-state index contributed by atoms with van der Waals surface area (Å²) < 4.78 is 5.30. The molecule has 3 rings (SSSR count). The Labute approximate surface area is 129 Å². The molecular formula is C16H19NO3S. The van der Waals surface area contributed by atoms with Gasteiger partial charge >= 0.3 is 5.63 Å². The third kappa shape index (κ3) is 3.67. The highest BCUT2D eigenvalue weighted by molar-refractivity contribution is 7.96. The van der Waals surface area contributed by atoms with Crippen LogP contribution in [-0.2, 0) is 12.8 Å². The monoisotopic (exact) mass is 305 g/mol. The average molecular weight is 305 g/mol. The summed E-state index contributed by atoms with van der Waals surface area (Å²) in [6.45, 7) is 0. The predicted octanol–water partition coefficient (Wildman–Crippen LogP) is 3.27. The molecule has 0 unspecified atom stereocenters. The molecule has 0 aliphatic heterocycles. The Morgan fingerprint density at radius 1 is 1.14 bits per heavy atom. The van der Waals surface area contributed by atoms with E-state index in [4.69, 9.17) is 4.42 Å². The Morgan fingerprint density at radius 2 is 1.71 bits per heavy atom. The van der Waals surface area contributed by atoms with Gasteiger partial charge in [-0.15, -0.1) is 0 Å². The van der Waals surface area contributed by atoms with Crippen molar-refractivity contribution in [1.29, 1.82) is 0 Å². The Hall–Kier alpha value is -1.75. The number of benzene rings is 1. The lowest BCUT2D eigenvalue weighted by Crippen LogP contribution is -2.15. The van der Waals surface area contributed by atoms with Crippen LogP contribution in [0, 0.1) is 0 Å². The topological polar surface area (TPSA) is 50.5 Å². The molecule has 0 spiro atoms. The minimum atomic E-state index is -0.213. The zero-order valence-corrected chi connectivity index (χ0v) is 13.2. The highest BCUT2D eigenvalue weighted by Gasteiger charge is 2.17. The molecule has 21 heavy (non-hydrogen) atoms. The zero-order valence-electron chi connectivity index (χ0n) is 12.3. The summed E-state index contributed by atoms with van der Waals surface area (Å²) in [6, 6.07) is 7.81. The van der Waals surface area contributed by atoms with Gasteiger partial charge in [0, 0.05) is 25.0 Å². The predicted molar refractivity (Wildman–Crippen MR) is 87.2 cm³/mol. The van der Waals surface area contributed by atoms with Crippen LogP contribution >= 0.6 is 12.6 Å². The molecule has 2 aromatic rings. The van der Waals surface area contributed by atoms with Crippen molar-refractivity contribution in [3.63, 3.8) is 0 Å². The first-order valence-electron chi connectivity index (χ1n) is 6.94. The van der Waals surface area contributed by atoms with E-state index in [1.165, 1.54) is 16.9 Å². The van der Waals surface area contributed by atoms with E-state index in [9.17, 15) is 9.59 Å². The molecule has 0 saturated carbocycles. The van der Waals surface area contributed by atoms with Crippen molar-refractivity contribution in [2.75, 3.05) is 14.1 Å². The van der Waals surface area contributed by atoms with Gasteiger partial charge in [0.05, 0.1) is 0 Å². The van der Waals surface area contributed by atoms with Crippen LogP contribution in [-0.4, -0.2) is 24.2 Å². The second-order valence-electron chi connectivity index (χ2n) is 5.23. The lowest BCUT2D eigenvalue weighted by Gasteiger charge is -2.15. The molecule has 4 nitrogen and oxygen atoms in total. The SMILES string of the molecule is CN(C)C(=O)S.O=c1oc2ccccc2c2c1CCCC2. The number of fused-ring (bicyclic) bond motifs is 3. The summed E-state index contributed by atoms with van der Waals surface area (Å²) in [7, 11) is 3.30. The van der Waals surface area contributed by atoms with Crippen molar-refractivity contribution in [3.05, 3.63) is 45.8 Å². The maximum absolute atomic E-state index is 11.7. The largest absolute Gasteiger partial charge is 0.423 e. The standard InChI is InChI=1S/C13H12O2.C3H7NOS/c14-13-11-7-2-1-5-9(11)10-6-3-4-8-12(10)15-13;1-4(2)3(5)6/h3-4,6,8H,1-2,5,7H2;1-2H3,(H,5,6). The van der Waals surface area contributed by atoms with Gasteiger partial charge in [-0.3, -0.25) is 4.79 Å². The van der Waals surface area contributed by atoms with E-state index >= 15 is 0 Å². The molecule has 1 aliphatic rings. The molecule has 1 aromatic heterocycles. The first-order valence-corrected chi connectivity index (χ1v) is 7.39. The van der Waals surface area contributed by atoms with Gasteiger partial charge in [0.25, 0.3) is 5.24 Å². The summed E-state index contributed by atoms with van der Waals surface area (Å²) in [5.74, 6) is 0. The molecule has 0 fully saturated rings. The average Bonchev–Trinajstić information content (AvgIpc) is 2.48. The molecule has 1 aromatic carbocycles. The Morgan fingerprint density at radius 3 is 2.33 bits per heavy atom. The number of carbonyl (C=O) groups excluding carboxylic acids is 1. The number of para-hydroxylation sites is 1. The second kappa shape index (κ2) is 6.80. The van der Waals surface area contributed by atoms with Crippen LogP contribution < -0.4 is 5.63 Å². The number of thiol groups is 1. The summed E-state index contributed by atoms with van der Waals surface area (Å²) >= 11 is 3.48. The third-order valence-electron chi connectivity index (χ3n) is 3.51. The van der Waals surface area contributed by atoms with Crippen LogP contribution in [0.2, 0.25) is 0 Å². The lowest BCUT2D eigenvalue weighted by atomic mass is 9.91. The third-order valence-corrected chi connectivity index (χ3v) is 3.91. The summed E-state index contributed by atoms with van der Waals surface area (Å²) in [4.78, 5) is 23.0. The molecule has 0 radical (unpaired) electrons. The molecule has 0 bridgehead atoms. The quantitative estimate of drug-likeness (QED) is 0.600. The van der Waals surface area contributed by atoms with Crippen LogP contribution in [0.3, 0.4) is 0 Å². The molecule has 1 amide bonds. The molecular weight excluding hydrogens is 286 g/mol. The number of nitrogens with zero attached hydrogens (tertiary/aromatic N) is 1. The fourth-order valence-corrected chi connectivity index (χ4v) is 2.39. The highest BCUT2D eigenvalue weighted by Crippen LogP contribution is 2.26. The molecule has 0 saturated heterocycles. The van der Waals surface area contributed by atoms with E-state index in [1.807, 2.05) is 24.3 Å². The Bertz CT molecular complexity index is 706. The molecule has 1 aliphatic carbocycles. The molecule has 5 heteroatoms. The van der Waals surface area contributed by atoms with E-state index in [1.54, 1.807) is 14.1 Å². The van der Waals surface area contributed by atoms with Crippen LogP contribution in [0.1, 0.15) is 24.0 Å². The van der Waals surface area contributed by atoms with E-state index in [-0.39, 0.29) is 10.9 Å². The smallest absolute Gasteiger partial charge is 0.339 e. The first kappa shape index (κ1) is 15.6. The van der Waals surface area contributed by atoms with E-state index in [0.29, 0.717) is 0 Å². The van der Waals surface area contributed by atoms with Gasteiger partial charge in [0.1, 0.15) is 5.58 Å². The molecule has 1 heterocycles. The van der Waals surface area contributed by atoms with Crippen molar-refractivity contribution in [2.24, 2.45) is 0 Å². The summed E-state index contributed by atoms with van der Waals surface area (Å²) in [5, 5.41) is 0.904. The van der Waals surface area contributed by atoms with Gasteiger partial charge in [0.15, 0.2) is 0 Å². The van der Waals surface area contributed by atoms with Crippen molar-refractivity contribution >= 4 is 28.8 Å². The molecule has 112 valence electrons. The van der Waals surface area contributed by atoms with Gasteiger partial charge in [-0.2, -0.15) is 0 Å². The van der Waals surface area contributed by atoms with Crippen LogP contribution in [0.15, 0.2) is 33.5 Å². The van der Waals surface area contributed by atoms with Crippen molar-refractivity contribution in [2.45, 2.75) is 25.7 Å². The highest BCUT2D eigenvalue weighted by atomic mass is 32.1. The van der Waals surface area contributed by atoms with Crippen molar-refractivity contribution in [3.8, 4) is 0 Å². The van der Waals surface area contributed by atoms with E-state index in [2.05, 4.69) is 12.6 Å². The minimum Gasteiger partial charge on any atom is -0.423 e. The Kier molecular flexibility index (Phi) is 5.07. The fourth-order valence-electron chi connectivity index (χ4n) is 2.39. The second-order valence-corrected chi connectivity index (χ2v) is 5.61. The Balaban J connectivity index is 0.000000232. The summed E-state index contributed by atoms with van der Waals surface area (Å²) in [5.41, 5.74) is 2.71. The van der Waals surface area contributed by atoms with Gasteiger partial charge in [-0.25, -0.2) is 4.79 Å². The zero-order chi connectivity index (χ0) is 15.4. The maximum Gasteiger partial charge on any atom is 0.339 e. The lowest BCUT2D eigenvalue weighted by molar-refractivity contribution is 0.241. The number of hydrogen-bond acceptors (Lipinski definition) is 3. The summed E-state index contributed by atoms with van der Waals surface area (Å²) in [6.07, 6.45) is 4.18. The van der Waals surface area contributed by atoms with Crippen LogP contribution in [0.4, 0.5) is 4.79 Å². The minimum absolute atomic E-state index is 0.136. The van der Waals surface area contributed by atoms with E-state index < -0.39 is 0 Å². The molecule has 0 N–H and O–H groups in total. The van der Waals surface area contributed by atoms with Gasteiger partial charge in [0.2, 0.25) is 0 Å². The number of amides is 1. The first-order chi connectivity index (χ1) is 10.0.